The van der Waals surface area contributed by atoms with Crippen molar-refractivity contribution < 1.29 is 28.7 Å². The monoisotopic (exact) mass is 581 g/mol. The van der Waals surface area contributed by atoms with Gasteiger partial charge in [0.2, 0.25) is 11.8 Å². The average Bonchev–Trinajstić information content (AvgIpc) is 2.92. The molecule has 0 aromatic heterocycles. The van der Waals surface area contributed by atoms with Crippen LogP contribution in [0, 0.1) is 6.92 Å². The molecule has 3 amide bonds. The standard InChI is InChI=1S/C33H47N3O6/c1-7-9-13-22-36(29(26-18-16-24(3)17-19-26)30(38)34-21-20-28(37)41-8-2)31(39)27(23-25-14-11-10-12-15-25)35-32(40)42-33(4,5)6/h10-12,14-19,27,29H,7-9,13,20-23H2,1-6H3,(H,34,38)(H,35,40). The van der Waals surface area contributed by atoms with Gasteiger partial charge in [0.05, 0.1) is 13.0 Å². The number of nitrogens with zero attached hydrogens (tertiary/aromatic N) is 1. The summed E-state index contributed by atoms with van der Waals surface area (Å²) < 4.78 is 10.5. The highest BCUT2D eigenvalue weighted by atomic mass is 16.6. The highest BCUT2D eigenvalue weighted by Gasteiger charge is 2.36. The third-order valence-corrected chi connectivity index (χ3v) is 6.44. The second-order valence-corrected chi connectivity index (χ2v) is 11.3. The molecule has 9 heteroatoms. The maximum atomic E-state index is 14.4. The fraction of sp³-hybridized carbons (Fsp3) is 0.515. The molecule has 0 spiro atoms. The Bertz CT molecular complexity index is 1140. The average molecular weight is 582 g/mol. The van der Waals surface area contributed by atoms with Gasteiger partial charge < -0.3 is 25.0 Å². The van der Waals surface area contributed by atoms with Crippen molar-refractivity contribution in [2.24, 2.45) is 0 Å². The summed E-state index contributed by atoms with van der Waals surface area (Å²) in [6, 6.07) is 14.9. The predicted molar refractivity (Wildman–Crippen MR) is 163 cm³/mol. The molecule has 0 aliphatic rings. The number of rotatable bonds is 15. The first-order chi connectivity index (χ1) is 19.9. The zero-order valence-corrected chi connectivity index (χ0v) is 25.9. The van der Waals surface area contributed by atoms with E-state index in [0.29, 0.717) is 18.5 Å². The first-order valence-electron chi connectivity index (χ1n) is 14.8. The van der Waals surface area contributed by atoms with E-state index in [1.165, 1.54) is 0 Å². The van der Waals surface area contributed by atoms with E-state index in [2.05, 4.69) is 17.6 Å². The first kappa shape index (κ1) is 34.3. The number of esters is 1. The number of carbonyl (C=O) groups excluding carboxylic acids is 4. The molecule has 0 aliphatic carbocycles. The highest BCUT2D eigenvalue weighted by Crippen LogP contribution is 2.25. The Kier molecular flexibility index (Phi) is 14.0. The number of ether oxygens (including phenoxy) is 2. The van der Waals surface area contributed by atoms with Crippen LogP contribution in [0.4, 0.5) is 4.79 Å². The van der Waals surface area contributed by atoms with Gasteiger partial charge >= 0.3 is 12.1 Å². The molecule has 0 saturated carbocycles. The van der Waals surface area contributed by atoms with E-state index in [4.69, 9.17) is 9.47 Å². The molecule has 0 aliphatic heterocycles. The molecule has 0 saturated heterocycles. The van der Waals surface area contributed by atoms with Crippen LogP contribution in [0.1, 0.15) is 83.0 Å². The number of unbranched alkanes of at least 4 members (excludes halogenated alkanes) is 2. The molecule has 0 radical (unpaired) electrons. The number of hydrogen-bond donors (Lipinski definition) is 2. The van der Waals surface area contributed by atoms with E-state index in [1.54, 1.807) is 32.6 Å². The van der Waals surface area contributed by atoms with Crippen LogP contribution in [0.25, 0.3) is 0 Å². The molecule has 0 heterocycles. The summed E-state index contributed by atoms with van der Waals surface area (Å²) in [7, 11) is 0. The Hall–Kier alpha value is -3.88. The van der Waals surface area contributed by atoms with Gasteiger partial charge in [-0.25, -0.2) is 4.79 Å². The number of nitrogens with one attached hydrogen (secondary N) is 2. The first-order valence-corrected chi connectivity index (χ1v) is 14.8. The lowest BCUT2D eigenvalue weighted by atomic mass is 9.99. The summed E-state index contributed by atoms with van der Waals surface area (Å²) in [5, 5.41) is 5.60. The van der Waals surface area contributed by atoms with Gasteiger partial charge in [-0.1, -0.05) is 79.9 Å². The minimum atomic E-state index is -0.982. The molecule has 230 valence electrons. The van der Waals surface area contributed by atoms with E-state index < -0.39 is 41.6 Å². The molecule has 0 fully saturated rings. The van der Waals surface area contributed by atoms with Crippen LogP contribution in [0.5, 0.6) is 0 Å². The van der Waals surface area contributed by atoms with Gasteiger partial charge in [0.1, 0.15) is 17.7 Å². The van der Waals surface area contributed by atoms with Crippen molar-refractivity contribution in [3.63, 3.8) is 0 Å². The van der Waals surface area contributed by atoms with Crippen molar-refractivity contribution in [3.8, 4) is 0 Å². The molecular formula is C33H47N3O6. The Morgan fingerprint density at radius 3 is 2.19 bits per heavy atom. The Morgan fingerprint density at radius 1 is 0.929 bits per heavy atom. The van der Waals surface area contributed by atoms with Crippen molar-refractivity contribution in [1.29, 1.82) is 0 Å². The predicted octanol–water partition coefficient (Wildman–Crippen LogP) is 5.26. The molecular weight excluding hydrogens is 534 g/mol. The van der Waals surface area contributed by atoms with Crippen LogP contribution < -0.4 is 10.6 Å². The number of alkyl carbamates (subject to hydrolysis) is 1. The van der Waals surface area contributed by atoms with Gasteiger partial charge in [0.15, 0.2) is 0 Å². The van der Waals surface area contributed by atoms with Crippen LogP contribution in [0.3, 0.4) is 0 Å². The van der Waals surface area contributed by atoms with Crippen molar-refractivity contribution in [3.05, 3.63) is 71.3 Å². The third kappa shape index (κ3) is 11.9. The maximum Gasteiger partial charge on any atom is 0.408 e. The highest BCUT2D eigenvalue weighted by molar-refractivity contribution is 5.92. The number of hydrogen-bond acceptors (Lipinski definition) is 6. The van der Waals surface area contributed by atoms with Gasteiger partial charge in [-0.15, -0.1) is 0 Å². The van der Waals surface area contributed by atoms with E-state index in [1.807, 2.05) is 61.5 Å². The molecule has 2 atom stereocenters. The summed E-state index contributed by atoms with van der Waals surface area (Å²) in [5.41, 5.74) is 1.74. The van der Waals surface area contributed by atoms with Crippen LogP contribution in [-0.2, 0) is 30.3 Å². The second-order valence-electron chi connectivity index (χ2n) is 11.3. The summed E-state index contributed by atoms with van der Waals surface area (Å²) in [4.78, 5) is 54.5. The summed E-state index contributed by atoms with van der Waals surface area (Å²) >= 11 is 0. The minimum absolute atomic E-state index is 0.0147. The molecule has 2 aromatic carbocycles. The second kappa shape index (κ2) is 17.2. The van der Waals surface area contributed by atoms with Gasteiger partial charge in [0.25, 0.3) is 0 Å². The largest absolute Gasteiger partial charge is 0.466 e. The molecule has 42 heavy (non-hydrogen) atoms. The van der Waals surface area contributed by atoms with E-state index in [9.17, 15) is 19.2 Å². The Balaban J connectivity index is 2.48. The van der Waals surface area contributed by atoms with Crippen LogP contribution in [0.2, 0.25) is 0 Å². The van der Waals surface area contributed by atoms with Gasteiger partial charge in [-0.3, -0.25) is 14.4 Å². The molecule has 9 nitrogen and oxygen atoms in total. The third-order valence-electron chi connectivity index (χ3n) is 6.44. The fourth-order valence-electron chi connectivity index (χ4n) is 4.44. The van der Waals surface area contributed by atoms with E-state index in [0.717, 1.165) is 24.0 Å². The lowest BCUT2D eigenvalue weighted by molar-refractivity contribution is -0.144. The molecule has 2 rings (SSSR count). The minimum Gasteiger partial charge on any atom is -0.466 e. The van der Waals surface area contributed by atoms with Crippen molar-refractivity contribution in [2.45, 2.75) is 91.3 Å². The Labute approximate surface area is 250 Å². The van der Waals surface area contributed by atoms with Crippen LogP contribution in [0.15, 0.2) is 54.6 Å². The Morgan fingerprint density at radius 2 is 1.60 bits per heavy atom. The summed E-state index contributed by atoms with van der Waals surface area (Å²) in [6.07, 6.45) is 1.97. The van der Waals surface area contributed by atoms with E-state index >= 15 is 0 Å². The smallest absolute Gasteiger partial charge is 0.408 e. The number of benzene rings is 2. The molecule has 2 unspecified atom stereocenters. The van der Waals surface area contributed by atoms with Gasteiger partial charge in [0, 0.05) is 19.5 Å². The van der Waals surface area contributed by atoms with Crippen molar-refractivity contribution >= 4 is 23.9 Å². The van der Waals surface area contributed by atoms with Crippen LogP contribution in [-0.4, -0.2) is 60.1 Å². The SMILES string of the molecule is CCCCCN(C(=O)C(Cc1ccccc1)NC(=O)OC(C)(C)C)C(C(=O)NCCC(=O)OCC)c1ccc(C)cc1. The molecule has 0 bridgehead atoms. The summed E-state index contributed by atoms with van der Waals surface area (Å²) in [6.45, 7) is 11.6. The molecule has 2 aromatic rings. The van der Waals surface area contributed by atoms with Gasteiger partial charge in [-0.2, -0.15) is 0 Å². The molecule has 2 N–H and O–H groups in total. The fourth-order valence-corrected chi connectivity index (χ4v) is 4.44. The quantitative estimate of drug-likeness (QED) is 0.219. The lowest BCUT2D eigenvalue weighted by Gasteiger charge is -2.34. The normalized spacial score (nSPS) is 12.5. The lowest BCUT2D eigenvalue weighted by Crippen LogP contribution is -2.54. The van der Waals surface area contributed by atoms with Crippen LogP contribution >= 0.6 is 0 Å². The number of amides is 3. The summed E-state index contributed by atoms with van der Waals surface area (Å²) in [5.74, 6) is -1.22. The number of carbonyl (C=O) groups is 4. The topological polar surface area (TPSA) is 114 Å². The van der Waals surface area contributed by atoms with Crippen molar-refractivity contribution in [2.75, 3.05) is 19.7 Å². The zero-order valence-electron chi connectivity index (χ0n) is 25.9. The number of aryl methyl sites for hydroxylation is 1. The maximum absolute atomic E-state index is 14.4. The van der Waals surface area contributed by atoms with Gasteiger partial charge in [-0.05, 0) is 52.2 Å². The van der Waals surface area contributed by atoms with E-state index in [-0.39, 0.29) is 26.0 Å². The zero-order chi connectivity index (χ0) is 31.1. The van der Waals surface area contributed by atoms with Crippen molar-refractivity contribution in [1.82, 2.24) is 15.5 Å².